The van der Waals surface area contributed by atoms with Crippen molar-refractivity contribution >= 4 is 68.7 Å². The number of carbonyl (C=O) groups is 3. The lowest BCUT2D eigenvalue weighted by atomic mass is 10.1. The molecule has 2 N–H and O–H groups in total. The second-order valence-corrected chi connectivity index (χ2v) is 10.5. The quantitative estimate of drug-likeness (QED) is 0.118. The SMILES string of the molecule is O=C(Nc1ccc(SCC(=O)c2ccc(Br)cc2)cc1)/C(=C/c1ccc(Cl)cc1)NC(=O)c1ccccc1. The second-order valence-electron chi connectivity index (χ2n) is 8.13. The number of ketones is 1. The van der Waals surface area contributed by atoms with Crippen molar-refractivity contribution in [3.8, 4) is 0 Å². The van der Waals surface area contributed by atoms with Crippen LogP contribution in [0.25, 0.3) is 6.08 Å². The van der Waals surface area contributed by atoms with Crippen molar-refractivity contribution in [2.24, 2.45) is 0 Å². The molecule has 2 amide bonds. The number of rotatable bonds is 9. The largest absolute Gasteiger partial charge is 0.321 e. The third-order valence-corrected chi connectivity index (χ3v) is 7.15. The minimum atomic E-state index is -0.477. The first-order chi connectivity index (χ1) is 18.4. The Morgan fingerprint density at radius 1 is 0.789 bits per heavy atom. The molecule has 190 valence electrons. The Kier molecular flexibility index (Phi) is 9.54. The van der Waals surface area contributed by atoms with Crippen molar-refractivity contribution in [2.45, 2.75) is 4.90 Å². The van der Waals surface area contributed by atoms with E-state index >= 15 is 0 Å². The van der Waals surface area contributed by atoms with Gasteiger partial charge in [0.15, 0.2) is 5.78 Å². The molecule has 0 bridgehead atoms. The van der Waals surface area contributed by atoms with E-state index in [9.17, 15) is 14.4 Å². The van der Waals surface area contributed by atoms with Crippen molar-refractivity contribution in [1.29, 1.82) is 0 Å². The van der Waals surface area contributed by atoms with Crippen molar-refractivity contribution in [3.63, 3.8) is 0 Å². The van der Waals surface area contributed by atoms with Crippen molar-refractivity contribution in [2.75, 3.05) is 11.1 Å². The highest BCUT2D eigenvalue weighted by atomic mass is 79.9. The molecule has 8 heteroatoms. The third-order valence-electron chi connectivity index (χ3n) is 5.36. The van der Waals surface area contributed by atoms with Gasteiger partial charge < -0.3 is 10.6 Å². The molecule has 4 aromatic carbocycles. The summed E-state index contributed by atoms with van der Waals surface area (Å²) in [6.45, 7) is 0. The molecule has 0 spiro atoms. The molecular weight excluding hydrogens is 584 g/mol. The van der Waals surface area contributed by atoms with E-state index in [-0.39, 0.29) is 11.5 Å². The van der Waals surface area contributed by atoms with Gasteiger partial charge >= 0.3 is 0 Å². The summed E-state index contributed by atoms with van der Waals surface area (Å²) >= 11 is 10.8. The maximum Gasteiger partial charge on any atom is 0.272 e. The molecule has 4 aromatic rings. The van der Waals surface area contributed by atoms with Gasteiger partial charge in [0, 0.05) is 31.2 Å². The van der Waals surface area contributed by atoms with Crippen LogP contribution in [-0.2, 0) is 4.79 Å². The van der Waals surface area contributed by atoms with E-state index in [4.69, 9.17) is 11.6 Å². The predicted octanol–water partition coefficient (Wildman–Crippen LogP) is 7.49. The van der Waals surface area contributed by atoms with Gasteiger partial charge in [0.25, 0.3) is 11.8 Å². The molecule has 38 heavy (non-hydrogen) atoms. The van der Waals surface area contributed by atoms with Crippen LogP contribution in [0, 0.1) is 0 Å². The zero-order valence-electron chi connectivity index (χ0n) is 20.0. The van der Waals surface area contributed by atoms with Crippen molar-refractivity contribution in [1.82, 2.24) is 5.32 Å². The van der Waals surface area contributed by atoms with Gasteiger partial charge in [-0.25, -0.2) is 0 Å². The Labute approximate surface area is 238 Å². The zero-order chi connectivity index (χ0) is 26.9. The Morgan fingerprint density at radius 2 is 1.45 bits per heavy atom. The molecule has 0 heterocycles. The van der Waals surface area contributed by atoms with Gasteiger partial charge in [-0.3, -0.25) is 14.4 Å². The van der Waals surface area contributed by atoms with Crippen LogP contribution in [0.5, 0.6) is 0 Å². The van der Waals surface area contributed by atoms with Crippen LogP contribution in [0.3, 0.4) is 0 Å². The monoisotopic (exact) mass is 604 g/mol. The van der Waals surface area contributed by atoms with Gasteiger partial charge in [0.05, 0.1) is 5.75 Å². The Hall–Kier alpha value is -3.65. The van der Waals surface area contributed by atoms with Crippen LogP contribution in [0.1, 0.15) is 26.3 Å². The van der Waals surface area contributed by atoms with E-state index in [0.29, 0.717) is 33.2 Å². The topological polar surface area (TPSA) is 75.3 Å². The average molecular weight is 606 g/mol. The molecule has 0 aliphatic carbocycles. The minimum absolute atomic E-state index is 0.0333. The van der Waals surface area contributed by atoms with E-state index in [0.717, 1.165) is 9.37 Å². The number of carbonyl (C=O) groups excluding carboxylic acids is 3. The number of hydrogen-bond acceptors (Lipinski definition) is 4. The summed E-state index contributed by atoms with van der Waals surface area (Å²) in [6.07, 6.45) is 1.59. The fraction of sp³-hybridized carbons (Fsp3) is 0.0333. The van der Waals surface area contributed by atoms with Gasteiger partial charge in [-0.2, -0.15) is 0 Å². The number of halogens is 2. The highest BCUT2D eigenvalue weighted by Crippen LogP contribution is 2.22. The molecule has 0 radical (unpaired) electrons. The first kappa shape index (κ1) is 27.4. The Morgan fingerprint density at radius 3 is 2.11 bits per heavy atom. The van der Waals surface area contributed by atoms with Crippen LogP contribution < -0.4 is 10.6 Å². The van der Waals surface area contributed by atoms with E-state index in [1.165, 1.54) is 11.8 Å². The van der Waals surface area contributed by atoms with E-state index < -0.39 is 11.8 Å². The second kappa shape index (κ2) is 13.2. The third kappa shape index (κ3) is 7.92. The van der Waals surface area contributed by atoms with Gasteiger partial charge in [-0.1, -0.05) is 70.0 Å². The van der Waals surface area contributed by atoms with E-state index in [1.54, 1.807) is 78.9 Å². The molecule has 0 saturated heterocycles. The summed E-state index contributed by atoms with van der Waals surface area (Å²) < 4.78 is 0.921. The molecular formula is C30H22BrClN2O3S. The number of hydrogen-bond donors (Lipinski definition) is 2. The highest BCUT2D eigenvalue weighted by Gasteiger charge is 2.15. The van der Waals surface area contributed by atoms with Crippen LogP contribution in [0.2, 0.25) is 5.02 Å². The van der Waals surface area contributed by atoms with Crippen LogP contribution in [-0.4, -0.2) is 23.4 Å². The normalized spacial score (nSPS) is 11.1. The lowest BCUT2D eigenvalue weighted by Crippen LogP contribution is -2.30. The van der Waals surface area contributed by atoms with Crippen molar-refractivity contribution in [3.05, 3.63) is 135 Å². The average Bonchev–Trinajstić information content (AvgIpc) is 2.94. The number of thioether (sulfide) groups is 1. The lowest BCUT2D eigenvalue weighted by molar-refractivity contribution is -0.113. The fourth-order valence-electron chi connectivity index (χ4n) is 3.37. The molecule has 0 aromatic heterocycles. The molecule has 0 fully saturated rings. The van der Waals surface area contributed by atoms with E-state index in [2.05, 4.69) is 26.6 Å². The molecule has 0 aliphatic rings. The molecule has 0 saturated carbocycles. The first-order valence-corrected chi connectivity index (χ1v) is 13.7. The van der Waals surface area contributed by atoms with Gasteiger partial charge in [0.2, 0.25) is 0 Å². The zero-order valence-corrected chi connectivity index (χ0v) is 23.1. The van der Waals surface area contributed by atoms with Gasteiger partial charge in [0.1, 0.15) is 5.70 Å². The van der Waals surface area contributed by atoms with Crippen LogP contribution in [0.4, 0.5) is 5.69 Å². The highest BCUT2D eigenvalue weighted by molar-refractivity contribution is 9.10. The molecule has 0 unspecified atom stereocenters. The van der Waals surface area contributed by atoms with E-state index in [1.807, 2.05) is 30.3 Å². The molecule has 4 rings (SSSR count). The summed E-state index contributed by atoms with van der Waals surface area (Å²) in [7, 11) is 0. The summed E-state index contributed by atoms with van der Waals surface area (Å²) in [5.74, 6) is -0.545. The maximum atomic E-state index is 13.2. The number of Topliss-reactive ketones (excluding diaryl/α,β-unsaturated/α-hetero) is 1. The minimum Gasteiger partial charge on any atom is -0.321 e. The number of nitrogens with one attached hydrogen (secondary N) is 2. The van der Waals surface area contributed by atoms with Crippen LogP contribution >= 0.6 is 39.3 Å². The lowest BCUT2D eigenvalue weighted by Gasteiger charge is -2.12. The van der Waals surface area contributed by atoms with Crippen molar-refractivity contribution < 1.29 is 14.4 Å². The summed E-state index contributed by atoms with van der Waals surface area (Å²) in [5.41, 5.74) is 2.42. The summed E-state index contributed by atoms with van der Waals surface area (Å²) in [6, 6.07) is 30.0. The molecule has 0 aliphatic heterocycles. The maximum absolute atomic E-state index is 13.2. The molecule has 0 atom stereocenters. The predicted molar refractivity (Wildman–Crippen MR) is 158 cm³/mol. The Balaban J connectivity index is 1.43. The summed E-state index contributed by atoms with van der Waals surface area (Å²) in [5, 5.41) is 6.10. The smallest absolute Gasteiger partial charge is 0.272 e. The van der Waals surface area contributed by atoms with Crippen LogP contribution in [0.15, 0.2) is 118 Å². The number of benzene rings is 4. The van der Waals surface area contributed by atoms with Gasteiger partial charge in [-0.15, -0.1) is 11.8 Å². The Bertz CT molecular complexity index is 1460. The van der Waals surface area contributed by atoms with Gasteiger partial charge in [-0.05, 0) is 72.3 Å². The fourth-order valence-corrected chi connectivity index (χ4v) is 4.55. The summed E-state index contributed by atoms with van der Waals surface area (Å²) in [4.78, 5) is 39.2. The standard InChI is InChI=1S/C30H22BrClN2O3S/c31-23-10-8-21(9-11-23)28(35)19-38-26-16-14-25(15-17-26)33-30(37)27(18-20-6-12-24(32)13-7-20)34-29(36)22-4-2-1-3-5-22/h1-18H,19H2,(H,33,37)(H,34,36)/b27-18-. The number of anilines is 1. The molecule has 5 nitrogen and oxygen atoms in total. The first-order valence-electron chi connectivity index (χ1n) is 11.5. The number of amides is 2.